The number of ether oxygens (including phenoxy) is 1. The summed E-state index contributed by atoms with van der Waals surface area (Å²) in [6.45, 7) is 13.8. The van der Waals surface area contributed by atoms with Gasteiger partial charge in [0.25, 0.3) is 0 Å². The van der Waals surface area contributed by atoms with Crippen LogP contribution in [0.25, 0.3) is 0 Å². The molecular weight excluding hydrogens is 200 g/mol. The van der Waals surface area contributed by atoms with Crippen molar-refractivity contribution in [3.05, 3.63) is 24.8 Å². The largest absolute Gasteiger partial charge is 0.469 e. The summed E-state index contributed by atoms with van der Waals surface area (Å²) in [5.74, 6) is 0.202. The number of hydrogen-bond acceptors (Lipinski definition) is 2. The smallest absolute Gasteiger partial charge is 0.309 e. The van der Waals surface area contributed by atoms with Gasteiger partial charge in [0.05, 0.1) is 13.0 Å². The minimum Gasteiger partial charge on any atom is -0.469 e. The van der Waals surface area contributed by atoms with E-state index in [-0.39, 0.29) is 23.7 Å². The molecular formula is C14H24O2. The molecule has 0 aromatic carbocycles. The molecule has 0 amide bonds. The SMILES string of the molecule is C=C[C@@H](CCC(=C)C)[C@@H](C(=O)OC)C(C)C. The number of carbonyl (C=O) groups is 1. The van der Waals surface area contributed by atoms with Gasteiger partial charge in [0.15, 0.2) is 0 Å². The zero-order chi connectivity index (χ0) is 12.7. The Labute approximate surface area is 99.4 Å². The van der Waals surface area contributed by atoms with Crippen molar-refractivity contribution in [2.75, 3.05) is 7.11 Å². The van der Waals surface area contributed by atoms with E-state index in [4.69, 9.17) is 4.74 Å². The van der Waals surface area contributed by atoms with Crippen LogP contribution in [0.4, 0.5) is 0 Å². The summed E-state index contributed by atoms with van der Waals surface area (Å²) in [6, 6.07) is 0. The average molecular weight is 224 g/mol. The molecule has 0 radical (unpaired) electrons. The number of allylic oxidation sites excluding steroid dienone is 2. The fourth-order valence-corrected chi connectivity index (χ4v) is 1.93. The van der Waals surface area contributed by atoms with E-state index in [1.54, 1.807) is 0 Å². The van der Waals surface area contributed by atoms with E-state index in [9.17, 15) is 4.79 Å². The maximum atomic E-state index is 11.7. The Hall–Kier alpha value is -1.05. The molecule has 0 saturated carbocycles. The third-order valence-corrected chi connectivity index (χ3v) is 2.86. The summed E-state index contributed by atoms with van der Waals surface area (Å²) in [4.78, 5) is 11.7. The number of methoxy groups -OCH3 is 1. The molecule has 0 N–H and O–H groups in total. The molecule has 2 atom stereocenters. The van der Waals surface area contributed by atoms with E-state index in [0.29, 0.717) is 0 Å². The second-order valence-electron chi connectivity index (χ2n) is 4.69. The number of hydrogen-bond donors (Lipinski definition) is 0. The van der Waals surface area contributed by atoms with Gasteiger partial charge < -0.3 is 4.74 Å². The zero-order valence-corrected chi connectivity index (χ0v) is 11.0. The first kappa shape index (κ1) is 14.9. The lowest BCUT2D eigenvalue weighted by atomic mass is 9.80. The minimum absolute atomic E-state index is 0.0955. The predicted molar refractivity (Wildman–Crippen MR) is 68.1 cm³/mol. The molecule has 92 valence electrons. The number of esters is 1. The van der Waals surface area contributed by atoms with Crippen molar-refractivity contribution >= 4 is 5.97 Å². The van der Waals surface area contributed by atoms with Crippen LogP contribution in [0, 0.1) is 17.8 Å². The summed E-state index contributed by atoms with van der Waals surface area (Å²) >= 11 is 0. The molecule has 2 nitrogen and oxygen atoms in total. The van der Waals surface area contributed by atoms with E-state index < -0.39 is 0 Å². The Morgan fingerprint density at radius 1 is 1.44 bits per heavy atom. The molecule has 0 saturated heterocycles. The van der Waals surface area contributed by atoms with Gasteiger partial charge in [0.1, 0.15) is 0 Å². The van der Waals surface area contributed by atoms with Crippen LogP contribution in [-0.4, -0.2) is 13.1 Å². The van der Waals surface area contributed by atoms with Crippen molar-refractivity contribution in [2.24, 2.45) is 17.8 Å². The second-order valence-corrected chi connectivity index (χ2v) is 4.69. The Morgan fingerprint density at radius 3 is 2.31 bits per heavy atom. The molecule has 0 bridgehead atoms. The molecule has 0 aromatic heterocycles. The van der Waals surface area contributed by atoms with Crippen LogP contribution in [0.3, 0.4) is 0 Å². The van der Waals surface area contributed by atoms with Gasteiger partial charge in [0.2, 0.25) is 0 Å². The van der Waals surface area contributed by atoms with Crippen molar-refractivity contribution in [2.45, 2.75) is 33.6 Å². The number of carbonyl (C=O) groups excluding carboxylic acids is 1. The van der Waals surface area contributed by atoms with Crippen molar-refractivity contribution in [3.8, 4) is 0 Å². The Bertz CT molecular complexity index is 253. The first-order valence-electron chi connectivity index (χ1n) is 5.78. The van der Waals surface area contributed by atoms with E-state index in [0.717, 1.165) is 18.4 Å². The fraction of sp³-hybridized carbons (Fsp3) is 0.643. The van der Waals surface area contributed by atoms with Crippen LogP contribution in [0.1, 0.15) is 33.6 Å². The molecule has 0 unspecified atom stereocenters. The third kappa shape index (κ3) is 4.65. The normalized spacial score (nSPS) is 14.3. The van der Waals surface area contributed by atoms with Crippen molar-refractivity contribution in [1.82, 2.24) is 0 Å². The maximum Gasteiger partial charge on any atom is 0.309 e. The van der Waals surface area contributed by atoms with Crippen LogP contribution >= 0.6 is 0 Å². The number of rotatable bonds is 7. The predicted octanol–water partition coefficient (Wildman–Crippen LogP) is 3.59. The quantitative estimate of drug-likeness (QED) is 0.488. The monoisotopic (exact) mass is 224 g/mol. The Kier molecular flexibility index (Phi) is 6.78. The highest BCUT2D eigenvalue weighted by molar-refractivity contribution is 5.73. The lowest BCUT2D eigenvalue weighted by Gasteiger charge is -2.25. The van der Waals surface area contributed by atoms with E-state index in [1.807, 2.05) is 26.8 Å². The maximum absolute atomic E-state index is 11.7. The Morgan fingerprint density at radius 2 is 2.00 bits per heavy atom. The molecule has 0 heterocycles. The highest BCUT2D eigenvalue weighted by Crippen LogP contribution is 2.28. The van der Waals surface area contributed by atoms with Gasteiger partial charge in [-0.3, -0.25) is 4.79 Å². The molecule has 16 heavy (non-hydrogen) atoms. The summed E-state index contributed by atoms with van der Waals surface area (Å²) in [5, 5.41) is 0. The standard InChI is InChI=1S/C14H24O2/c1-7-12(9-8-10(2)3)13(11(4)5)14(15)16-6/h7,11-13H,1-2,8-9H2,3-6H3/t12-,13-/m0/s1. The third-order valence-electron chi connectivity index (χ3n) is 2.86. The minimum atomic E-state index is -0.137. The van der Waals surface area contributed by atoms with Gasteiger partial charge in [-0.1, -0.05) is 25.5 Å². The van der Waals surface area contributed by atoms with Gasteiger partial charge in [0, 0.05) is 0 Å². The topological polar surface area (TPSA) is 26.3 Å². The van der Waals surface area contributed by atoms with E-state index in [1.165, 1.54) is 7.11 Å². The first-order valence-corrected chi connectivity index (χ1v) is 5.78. The molecule has 0 rings (SSSR count). The highest BCUT2D eigenvalue weighted by atomic mass is 16.5. The molecule has 0 spiro atoms. The summed E-state index contributed by atoms with van der Waals surface area (Å²) < 4.78 is 4.85. The first-order chi connectivity index (χ1) is 7.43. The van der Waals surface area contributed by atoms with E-state index >= 15 is 0 Å². The van der Waals surface area contributed by atoms with Crippen LogP contribution < -0.4 is 0 Å². The van der Waals surface area contributed by atoms with Crippen LogP contribution in [0.5, 0.6) is 0 Å². The van der Waals surface area contributed by atoms with Crippen LogP contribution in [0.2, 0.25) is 0 Å². The molecule has 2 heteroatoms. The Balaban J connectivity index is 4.64. The molecule has 0 fully saturated rings. The average Bonchev–Trinajstić information content (AvgIpc) is 2.22. The molecule has 0 aliphatic carbocycles. The van der Waals surface area contributed by atoms with Gasteiger partial charge in [-0.2, -0.15) is 0 Å². The van der Waals surface area contributed by atoms with Gasteiger partial charge in [-0.25, -0.2) is 0 Å². The van der Waals surface area contributed by atoms with E-state index in [2.05, 4.69) is 13.2 Å². The van der Waals surface area contributed by atoms with Crippen molar-refractivity contribution < 1.29 is 9.53 Å². The summed E-state index contributed by atoms with van der Waals surface area (Å²) in [7, 11) is 1.44. The lowest BCUT2D eigenvalue weighted by Crippen LogP contribution is -2.28. The lowest BCUT2D eigenvalue weighted by molar-refractivity contribution is -0.148. The fourth-order valence-electron chi connectivity index (χ4n) is 1.93. The summed E-state index contributed by atoms with van der Waals surface area (Å²) in [6.07, 6.45) is 3.71. The zero-order valence-electron chi connectivity index (χ0n) is 11.0. The van der Waals surface area contributed by atoms with Gasteiger partial charge in [-0.05, 0) is 31.6 Å². The van der Waals surface area contributed by atoms with Crippen molar-refractivity contribution in [3.63, 3.8) is 0 Å². The molecule has 0 aliphatic rings. The molecule has 0 aromatic rings. The summed E-state index contributed by atoms with van der Waals surface area (Å²) in [5.41, 5.74) is 1.14. The highest BCUT2D eigenvalue weighted by Gasteiger charge is 2.29. The van der Waals surface area contributed by atoms with Crippen LogP contribution in [0.15, 0.2) is 24.8 Å². The second kappa shape index (κ2) is 7.26. The van der Waals surface area contributed by atoms with Crippen molar-refractivity contribution in [1.29, 1.82) is 0 Å². The van der Waals surface area contributed by atoms with Gasteiger partial charge in [-0.15, -0.1) is 13.2 Å². The van der Waals surface area contributed by atoms with Gasteiger partial charge >= 0.3 is 5.97 Å². The molecule has 0 aliphatic heterocycles. The van der Waals surface area contributed by atoms with Crippen LogP contribution in [-0.2, 0) is 9.53 Å².